The maximum Gasteiger partial charge on any atom is 0.236 e. The largest absolute Gasteiger partial charge is 0.354 e. The minimum Gasteiger partial charge on any atom is -0.354 e. The van der Waals surface area contributed by atoms with E-state index in [4.69, 9.17) is 5.73 Å². The van der Waals surface area contributed by atoms with Crippen molar-refractivity contribution >= 4 is 18.3 Å². The maximum atomic E-state index is 11.3. The van der Waals surface area contributed by atoms with Crippen LogP contribution in [0.25, 0.3) is 0 Å². The Kier molecular flexibility index (Phi) is 4.97. The fourth-order valence-electron chi connectivity index (χ4n) is 2.20. The Morgan fingerprint density at radius 3 is 2.41 bits per heavy atom. The summed E-state index contributed by atoms with van der Waals surface area (Å²) >= 11 is 0. The third-order valence-corrected chi connectivity index (χ3v) is 3.11. The molecule has 4 heteroatoms. The molecule has 0 radical (unpaired) electrons. The van der Waals surface area contributed by atoms with E-state index in [1.807, 2.05) is 0 Å². The monoisotopic (exact) mass is 254 g/mol. The second kappa shape index (κ2) is 6.03. The molecule has 1 aliphatic carbocycles. The second-order valence-corrected chi connectivity index (χ2v) is 4.58. The predicted molar refractivity (Wildman–Crippen MR) is 71.2 cm³/mol. The summed E-state index contributed by atoms with van der Waals surface area (Å²) in [7, 11) is 0. The van der Waals surface area contributed by atoms with Crippen molar-refractivity contribution in [2.45, 2.75) is 25.8 Å². The molecule has 1 aliphatic rings. The highest BCUT2D eigenvalue weighted by Gasteiger charge is 2.21. The normalized spacial score (nSPS) is 15.9. The van der Waals surface area contributed by atoms with Gasteiger partial charge in [-0.25, -0.2) is 0 Å². The first kappa shape index (κ1) is 14.0. The van der Waals surface area contributed by atoms with Gasteiger partial charge in [-0.05, 0) is 36.8 Å². The van der Waals surface area contributed by atoms with Gasteiger partial charge < -0.3 is 11.1 Å². The van der Waals surface area contributed by atoms with Gasteiger partial charge >= 0.3 is 0 Å². The molecule has 3 nitrogen and oxygen atoms in total. The van der Waals surface area contributed by atoms with Crippen LogP contribution >= 0.6 is 12.4 Å². The molecule has 94 valence electrons. The summed E-state index contributed by atoms with van der Waals surface area (Å²) in [5.74, 6) is 0.469. The molecule has 17 heavy (non-hydrogen) atoms. The van der Waals surface area contributed by atoms with E-state index in [-0.39, 0.29) is 18.3 Å². The number of fused-ring (bicyclic) bond motifs is 1. The Bertz CT molecular complexity index is 368. The lowest BCUT2D eigenvalue weighted by Crippen LogP contribution is -2.40. The van der Waals surface area contributed by atoms with Crippen molar-refractivity contribution in [2.24, 2.45) is 11.7 Å². The molecule has 0 saturated carbocycles. The topological polar surface area (TPSA) is 55.1 Å². The first-order valence-corrected chi connectivity index (χ1v) is 5.77. The van der Waals surface area contributed by atoms with Gasteiger partial charge in [0.1, 0.15) is 0 Å². The zero-order chi connectivity index (χ0) is 11.5. The number of hydrogen-bond acceptors (Lipinski definition) is 2. The number of halogens is 1. The first-order chi connectivity index (χ1) is 7.66. The average molecular weight is 255 g/mol. The molecule has 0 aliphatic heterocycles. The Balaban J connectivity index is 0.00000144. The predicted octanol–water partition coefficient (Wildman–Crippen LogP) is 1.29. The van der Waals surface area contributed by atoms with Crippen LogP contribution in [0.2, 0.25) is 0 Å². The molecule has 0 spiro atoms. The van der Waals surface area contributed by atoms with Crippen LogP contribution in [0.5, 0.6) is 0 Å². The average Bonchev–Trinajstić information content (AvgIpc) is 2.68. The highest BCUT2D eigenvalue weighted by atomic mass is 35.5. The molecule has 1 amide bonds. The van der Waals surface area contributed by atoms with Crippen molar-refractivity contribution in [2.75, 3.05) is 6.54 Å². The number of nitrogens with one attached hydrogen (secondary N) is 1. The molecule has 0 heterocycles. The molecule has 2 rings (SSSR count). The summed E-state index contributed by atoms with van der Waals surface area (Å²) in [6.45, 7) is 2.44. The third-order valence-electron chi connectivity index (χ3n) is 3.11. The van der Waals surface area contributed by atoms with Crippen molar-refractivity contribution in [3.63, 3.8) is 0 Å². The van der Waals surface area contributed by atoms with Crippen LogP contribution < -0.4 is 11.1 Å². The molecular formula is C13H19ClN2O. The highest BCUT2D eigenvalue weighted by Crippen LogP contribution is 2.25. The van der Waals surface area contributed by atoms with Crippen molar-refractivity contribution in [1.29, 1.82) is 0 Å². The van der Waals surface area contributed by atoms with Gasteiger partial charge in [0.15, 0.2) is 0 Å². The van der Waals surface area contributed by atoms with Crippen molar-refractivity contribution in [3.05, 3.63) is 35.4 Å². The van der Waals surface area contributed by atoms with E-state index in [9.17, 15) is 4.79 Å². The van der Waals surface area contributed by atoms with Crippen molar-refractivity contribution < 1.29 is 4.79 Å². The Hall–Kier alpha value is -1.06. The second-order valence-electron chi connectivity index (χ2n) is 4.58. The first-order valence-electron chi connectivity index (χ1n) is 5.77. The molecule has 1 aromatic carbocycles. The van der Waals surface area contributed by atoms with Gasteiger partial charge in [0, 0.05) is 6.54 Å². The number of carbonyl (C=O) groups excluding carboxylic acids is 1. The lowest BCUT2D eigenvalue weighted by Gasteiger charge is -2.12. The quantitative estimate of drug-likeness (QED) is 0.854. The zero-order valence-electron chi connectivity index (χ0n) is 9.98. The maximum absolute atomic E-state index is 11.3. The van der Waals surface area contributed by atoms with Crippen molar-refractivity contribution in [1.82, 2.24) is 5.32 Å². The molecule has 0 aromatic heterocycles. The van der Waals surface area contributed by atoms with E-state index in [1.54, 1.807) is 6.92 Å². The summed E-state index contributed by atoms with van der Waals surface area (Å²) in [5, 5.41) is 2.89. The van der Waals surface area contributed by atoms with Crippen LogP contribution in [0.1, 0.15) is 18.1 Å². The Labute approximate surface area is 108 Å². The minimum absolute atomic E-state index is 0. The van der Waals surface area contributed by atoms with Gasteiger partial charge in [-0.1, -0.05) is 24.3 Å². The standard InChI is InChI=1S/C13H18N2O.ClH/c1-9(14)13(16)15-8-10-6-11-4-2-3-5-12(11)7-10;/h2-5,9-10H,6-8,14H2,1H3,(H,15,16);1H. The number of hydrogen-bond donors (Lipinski definition) is 2. The summed E-state index contributed by atoms with van der Waals surface area (Å²) < 4.78 is 0. The van der Waals surface area contributed by atoms with Gasteiger partial charge in [0.05, 0.1) is 6.04 Å². The molecule has 1 aromatic rings. The highest BCUT2D eigenvalue weighted by molar-refractivity contribution is 5.85. The molecule has 1 atom stereocenters. The fraction of sp³-hybridized carbons (Fsp3) is 0.462. The van der Waals surface area contributed by atoms with Gasteiger partial charge in [0.25, 0.3) is 0 Å². The van der Waals surface area contributed by atoms with E-state index in [0.717, 1.165) is 19.4 Å². The van der Waals surface area contributed by atoms with Crippen LogP contribution in [-0.4, -0.2) is 18.5 Å². The van der Waals surface area contributed by atoms with E-state index < -0.39 is 6.04 Å². The van der Waals surface area contributed by atoms with Gasteiger partial charge in [0.2, 0.25) is 5.91 Å². The molecule has 0 bridgehead atoms. The van der Waals surface area contributed by atoms with Crippen molar-refractivity contribution in [3.8, 4) is 0 Å². The summed E-state index contributed by atoms with van der Waals surface area (Å²) in [4.78, 5) is 11.3. The van der Waals surface area contributed by atoms with Gasteiger partial charge in [-0.3, -0.25) is 4.79 Å². The summed E-state index contributed by atoms with van der Waals surface area (Å²) in [6.07, 6.45) is 2.13. The summed E-state index contributed by atoms with van der Waals surface area (Å²) in [5.41, 5.74) is 8.33. The molecular weight excluding hydrogens is 236 g/mol. The van der Waals surface area contributed by atoms with Crippen LogP contribution in [0.3, 0.4) is 0 Å². The zero-order valence-corrected chi connectivity index (χ0v) is 10.8. The number of nitrogens with two attached hydrogens (primary N) is 1. The number of carbonyl (C=O) groups is 1. The molecule has 0 fully saturated rings. The minimum atomic E-state index is -0.413. The fourth-order valence-corrected chi connectivity index (χ4v) is 2.20. The number of benzene rings is 1. The Morgan fingerprint density at radius 1 is 1.41 bits per heavy atom. The van der Waals surface area contributed by atoms with Crippen LogP contribution in [0.15, 0.2) is 24.3 Å². The van der Waals surface area contributed by atoms with Crippen LogP contribution in [-0.2, 0) is 17.6 Å². The third kappa shape index (κ3) is 3.45. The van der Waals surface area contributed by atoms with Crippen LogP contribution in [0, 0.1) is 5.92 Å². The number of rotatable bonds is 3. The van der Waals surface area contributed by atoms with Gasteiger partial charge in [-0.2, -0.15) is 0 Å². The SMILES string of the molecule is CC(N)C(=O)NCC1Cc2ccccc2C1.Cl. The lowest BCUT2D eigenvalue weighted by atomic mass is 10.1. The number of amides is 1. The smallest absolute Gasteiger partial charge is 0.236 e. The van der Waals surface area contributed by atoms with Crippen LogP contribution in [0.4, 0.5) is 0 Å². The molecule has 1 unspecified atom stereocenters. The van der Waals surface area contributed by atoms with Gasteiger partial charge in [-0.15, -0.1) is 12.4 Å². The Morgan fingerprint density at radius 2 is 1.94 bits per heavy atom. The molecule has 3 N–H and O–H groups in total. The van der Waals surface area contributed by atoms with E-state index in [2.05, 4.69) is 29.6 Å². The van der Waals surface area contributed by atoms with E-state index >= 15 is 0 Å². The van der Waals surface area contributed by atoms with E-state index in [1.165, 1.54) is 11.1 Å². The van der Waals surface area contributed by atoms with E-state index in [0.29, 0.717) is 5.92 Å². The lowest BCUT2D eigenvalue weighted by molar-refractivity contribution is -0.122. The summed E-state index contributed by atoms with van der Waals surface area (Å²) in [6, 6.07) is 8.07. The molecule has 0 saturated heterocycles.